The summed E-state index contributed by atoms with van der Waals surface area (Å²) in [4.78, 5) is 7.01. The van der Waals surface area contributed by atoms with Crippen molar-refractivity contribution in [3.8, 4) is 0 Å². The summed E-state index contributed by atoms with van der Waals surface area (Å²) in [5.74, 6) is 0. The molecule has 0 aromatic rings. The average molecular weight is 273 g/mol. The zero-order valence-corrected chi connectivity index (χ0v) is 8.82. The second kappa shape index (κ2) is 3.86. The van der Waals surface area contributed by atoms with Gasteiger partial charge in [-0.2, -0.15) is 0 Å². The van der Waals surface area contributed by atoms with Crippen molar-refractivity contribution < 1.29 is 39.9 Å². The van der Waals surface area contributed by atoms with E-state index in [1.165, 1.54) is 0 Å². The monoisotopic (exact) mass is 274 g/mol. The molecule has 6 heteroatoms. The first-order chi connectivity index (χ1) is 2.21. The van der Waals surface area contributed by atoms with Crippen molar-refractivity contribution in [2.24, 2.45) is 0 Å². The Balaban J connectivity index is -0.0000000312. The maximum absolute atomic E-state index is 7.74. The van der Waals surface area contributed by atoms with E-state index in [-0.39, 0.29) is 68.8 Å². The van der Waals surface area contributed by atoms with Crippen LogP contribution in [0.4, 0.5) is 0 Å². The van der Waals surface area contributed by atoms with Crippen molar-refractivity contribution >= 4 is 48.9 Å². The number of hydrogen-bond acceptors (Lipinski definition) is 4. The van der Waals surface area contributed by atoms with Crippen LogP contribution in [0.25, 0.3) is 0 Å². The first-order valence-electron chi connectivity index (χ1n) is 1.02. The predicted molar refractivity (Wildman–Crippen MR) is 17.3 cm³/mol. The van der Waals surface area contributed by atoms with Crippen LogP contribution in [-0.2, 0) is 26.8 Å². The van der Waals surface area contributed by atoms with Crippen molar-refractivity contribution in [2.75, 3.05) is 0 Å². The summed E-state index contributed by atoms with van der Waals surface area (Å²) in [6.45, 7) is 0. The van der Waals surface area contributed by atoms with E-state index in [0.29, 0.717) is 0 Å². The van der Waals surface area contributed by atoms with Crippen LogP contribution in [0.15, 0.2) is 0 Å². The first-order valence-corrected chi connectivity index (χ1v) is 1.02. The SMILES string of the molecule is OC1(O)OO1.[Ba+2].[Fe].[H-].[H-]. The summed E-state index contributed by atoms with van der Waals surface area (Å²) in [5.41, 5.74) is 0. The molecular formula is CH4BaFeO4. The molecule has 4 nitrogen and oxygen atoms in total. The fourth-order valence-corrected chi connectivity index (χ4v) is 0.0373. The standard InChI is InChI=1S/CH2O4.Ba.Fe.2H/c2-1(3)4-5-1;;;;/h2-3H;;;;/q;+2;;2*-1. The summed E-state index contributed by atoms with van der Waals surface area (Å²) in [6.07, 6.45) is -2.25. The molecule has 42 valence electrons. The van der Waals surface area contributed by atoms with Crippen LogP contribution in [0.1, 0.15) is 2.85 Å². The molecule has 0 spiro atoms. The van der Waals surface area contributed by atoms with Crippen LogP contribution in [0, 0.1) is 0 Å². The maximum Gasteiger partial charge on any atom is 2.00 e. The van der Waals surface area contributed by atoms with Gasteiger partial charge in [-0.1, -0.05) is 0 Å². The van der Waals surface area contributed by atoms with E-state index in [1.807, 2.05) is 0 Å². The Hall–Kier alpha value is 1.93. The van der Waals surface area contributed by atoms with E-state index in [1.54, 1.807) is 0 Å². The Kier molecular flexibility index (Phi) is 6.45. The third-order valence-electron chi connectivity index (χ3n) is 0.232. The van der Waals surface area contributed by atoms with E-state index in [2.05, 4.69) is 9.78 Å². The second-order valence-corrected chi connectivity index (χ2v) is 0.715. The van der Waals surface area contributed by atoms with E-state index in [0.717, 1.165) is 0 Å². The van der Waals surface area contributed by atoms with Gasteiger partial charge in [0.05, 0.1) is 0 Å². The molecule has 0 saturated carbocycles. The van der Waals surface area contributed by atoms with Crippen molar-refractivity contribution in [1.29, 1.82) is 0 Å². The molecule has 0 unspecified atom stereocenters. The second-order valence-electron chi connectivity index (χ2n) is 0.715. The third kappa shape index (κ3) is 5.81. The quantitative estimate of drug-likeness (QED) is 0.241. The summed E-state index contributed by atoms with van der Waals surface area (Å²) in [7, 11) is 0. The Morgan fingerprint density at radius 1 is 1.29 bits per heavy atom. The summed E-state index contributed by atoms with van der Waals surface area (Å²) < 4.78 is 0. The smallest absolute Gasteiger partial charge is 1.00 e. The summed E-state index contributed by atoms with van der Waals surface area (Å²) in [5, 5.41) is 15.5. The van der Waals surface area contributed by atoms with Gasteiger partial charge in [0.1, 0.15) is 0 Å². The molecule has 0 aromatic heterocycles. The topological polar surface area (TPSA) is 65.5 Å². The third-order valence-corrected chi connectivity index (χ3v) is 0.232. The Labute approximate surface area is 93.6 Å². The van der Waals surface area contributed by atoms with Crippen molar-refractivity contribution in [2.45, 2.75) is 6.16 Å². The van der Waals surface area contributed by atoms with Crippen LogP contribution >= 0.6 is 0 Å². The molecule has 0 atom stereocenters. The number of hydrogen-bond donors (Lipinski definition) is 2. The molecule has 1 heterocycles. The average Bonchev–Trinajstić information content (AvgIpc) is 1.76. The van der Waals surface area contributed by atoms with Gasteiger partial charge >= 0.3 is 55.0 Å². The summed E-state index contributed by atoms with van der Waals surface area (Å²) >= 11 is 0. The molecule has 0 bridgehead atoms. The molecule has 1 fully saturated rings. The van der Waals surface area contributed by atoms with Gasteiger partial charge in [0.2, 0.25) is 0 Å². The van der Waals surface area contributed by atoms with Crippen molar-refractivity contribution in [1.82, 2.24) is 0 Å². The maximum atomic E-state index is 7.74. The molecule has 0 aromatic carbocycles. The molecule has 7 heavy (non-hydrogen) atoms. The molecule has 0 radical (unpaired) electrons. The van der Waals surface area contributed by atoms with Gasteiger partial charge in [0, 0.05) is 17.1 Å². The largest absolute Gasteiger partial charge is 2.00 e. The zero-order chi connectivity index (χ0) is 3.91. The summed E-state index contributed by atoms with van der Waals surface area (Å²) in [6, 6.07) is 0. The van der Waals surface area contributed by atoms with Gasteiger partial charge in [-0.25, -0.2) is 0 Å². The molecule has 2 N–H and O–H groups in total. The Morgan fingerprint density at radius 3 is 1.43 bits per heavy atom. The Bertz CT molecular complexity index is 56.5. The van der Waals surface area contributed by atoms with Crippen LogP contribution in [0.5, 0.6) is 0 Å². The van der Waals surface area contributed by atoms with Crippen molar-refractivity contribution in [3.63, 3.8) is 0 Å². The van der Waals surface area contributed by atoms with Crippen molar-refractivity contribution in [3.05, 3.63) is 0 Å². The molecule has 1 saturated heterocycles. The predicted octanol–water partition coefficient (Wildman–Crippen LogP) is -1.61. The molecule has 1 aliphatic heterocycles. The van der Waals surface area contributed by atoms with Crippen LogP contribution in [0.2, 0.25) is 0 Å². The zero-order valence-electron chi connectivity index (χ0n) is 5.27. The molecule has 0 aliphatic carbocycles. The van der Waals surface area contributed by atoms with Crippen LogP contribution in [0.3, 0.4) is 0 Å². The van der Waals surface area contributed by atoms with E-state index < -0.39 is 6.16 Å². The normalized spacial score (nSPS) is 21.4. The van der Waals surface area contributed by atoms with Gasteiger partial charge in [0.25, 0.3) is 0 Å². The van der Waals surface area contributed by atoms with Gasteiger partial charge in [0.15, 0.2) is 0 Å². The minimum absolute atomic E-state index is 0. The van der Waals surface area contributed by atoms with E-state index in [9.17, 15) is 0 Å². The Morgan fingerprint density at radius 2 is 1.43 bits per heavy atom. The van der Waals surface area contributed by atoms with E-state index in [4.69, 9.17) is 10.2 Å². The van der Waals surface area contributed by atoms with Gasteiger partial charge in [-0.05, 0) is 0 Å². The van der Waals surface area contributed by atoms with Gasteiger partial charge in [-0.15, -0.1) is 9.78 Å². The molecule has 0 amide bonds. The molecule has 1 aliphatic rings. The van der Waals surface area contributed by atoms with Gasteiger partial charge < -0.3 is 13.1 Å². The first kappa shape index (κ1) is 11.7. The fraction of sp³-hybridized carbons (Fsp3) is 1.00. The minimum atomic E-state index is -2.25. The number of aliphatic hydroxyl groups is 2. The fourth-order valence-electron chi connectivity index (χ4n) is 0.0373. The van der Waals surface area contributed by atoms with Crippen LogP contribution in [-0.4, -0.2) is 65.3 Å². The minimum Gasteiger partial charge on any atom is -1.00 e. The van der Waals surface area contributed by atoms with Gasteiger partial charge in [-0.3, -0.25) is 0 Å². The molecule has 1 rings (SSSR count). The number of rotatable bonds is 0. The van der Waals surface area contributed by atoms with E-state index >= 15 is 0 Å². The molecular weight excluding hydrogens is 269 g/mol. The van der Waals surface area contributed by atoms with Crippen LogP contribution < -0.4 is 0 Å².